The Labute approximate surface area is 197 Å². The van der Waals surface area contributed by atoms with E-state index in [2.05, 4.69) is 0 Å². The van der Waals surface area contributed by atoms with Crippen LogP contribution >= 0.6 is 0 Å². The first-order chi connectivity index (χ1) is 16.3. The smallest absolute Gasteiger partial charge is 0.327 e. The van der Waals surface area contributed by atoms with E-state index in [0.717, 1.165) is 6.07 Å². The summed E-state index contributed by atoms with van der Waals surface area (Å²) < 4.78 is 48.1. The van der Waals surface area contributed by atoms with E-state index in [1.165, 1.54) is 25.3 Å². The summed E-state index contributed by atoms with van der Waals surface area (Å²) in [6.07, 6.45) is 1.11. The maximum Gasteiger partial charge on any atom is 0.327 e. The number of halogens is 3. The molecule has 1 atom stereocenters. The molecule has 1 unspecified atom stereocenters. The zero-order valence-corrected chi connectivity index (χ0v) is 19.7. The van der Waals surface area contributed by atoms with E-state index in [4.69, 9.17) is 4.74 Å². The molecule has 0 aliphatic carbocycles. The van der Waals surface area contributed by atoms with E-state index < -0.39 is 29.5 Å². The second-order valence-corrected chi connectivity index (χ2v) is 8.12. The molecule has 2 aromatic carbocycles. The zero-order valence-electron chi connectivity index (χ0n) is 19.7. The van der Waals surface area contributed by atoms with Crippen molar-refractivity contribution in [3.8, 4) is 0 Å². The summed E-state index contributed by atoms with van der Waals surface area (Å²) >= 11 is 0. The number of carbonyl (C=O) groups is 2. The predicted molar refractivity (Wildman–Crippen MR) is 124 cm³/mol. The van der Waals surface area contributed by atoms with Gasteiger partial charge in [-0.25, -0.2) is 18.0 Å². The van der Waals surface area contributed by atoms with Gasteiger partial charge in [-0.05, 0) is 37.6 Å². The molecule has 1 aliphatic heterocycles. The Bertz CT molecular complexity index is 1030. The van der Waals surface area contributed by atoms with E-state index in [9.17, 15) is 18.4 Å². The lowest BCUT2D eigenvalue weighted by Gasteiger charge is -2.39. The fraction of sp³-hybridized carbons (Fsp3) is 0.440. The van der Waals surface area contributed by atoms with E-state index in [1.807, 2.05) is 18.7 Å². The molecule has 0 N–H and O–H groups in total. The third-order valence-electron chi connectivity index (χ3n) is 6.04. The van der Waals surface area contributed by atoms with E-state index in [1.54, 1.807) is 21.9 Å². The molecule has 6 nitrogen and oxygen atoms in total. The van der Waals surface area contributed by atoms with Crippen LogP contribution in [0.1, 0.15) is 38.3 Å². The van der Waals surface area contributed by atoms with Crippen molar-refractivity contribution >= 4 is 23.3 Å². The average Bonchev–Trinajstić information content (AvgIpc) is 2.83. The van der Waals surface area contributed by atoms with Gasteiger partial charge in [-0.15, -0.1) is 0 Å². The van der Waals surface area contributed by atoms with Gasteiger partial charge >= 0.3 is 5.97 Å². The Kier molecular flexibility index (Phi) is 8.55. The summed E-state index contributed by atoms with van der Waals surface area (Å²) in [7, 11) is 1.20. The molecule has 0 radical (unpaired) electrons. The van der Waals surface area contributed by atoms with Crippen LogP contribution in [0.4, 0.5) is 24.5 Å². The molecule has 3 rings (SSSR count). The van der Waals surface area contributed by atoms with Gasteiger partial charge < -0.3 is 14.5 Å². The lowest BCUT2D eigenvalue weighted by molar-refractivity contribution is -0.147. The number of esters is 1. The molecule has 1 aliphatic rings. The molecule has 184 valence electrons. The first kappa shape index (κ1) is 25.6. The number of methoxy groups -OCH3 is 1. The molecule has 1 saturated heterocycles. The van der Waals surface area contributed by atoms with Gasteiger partial charge in [-0.3, -0.25) is 9.69 Å². The number of benzene rings is 2. The van der Waals surface area contributed by atoms with Crippen LogP contribution in [0.5, 0.6) is 0 Å². The molecule has 1 amide bonds. The molecule has 2 aromatic rings. The van der Waals surface area contributed by atoms with Gasteiger partial charge in [0.25, 0.3) is 0 Å². The maximum absolute atomic E-state index is 15.0. The summed E-state index contributed by atoms with van der Waals surface area (Å²) in [6, 6.07) is 7.34. The van der Waals surface area contributed by atoms with Crippen LogP contribution in [0.2, 0.25) is 0 Å². The number of carbonyl (C=O) groups excluding carboxylic acids is 2. The molecular weight excluding hydrogens is 447 g/mol. The number of hydrogen-bond acceptors (Lipinski definition) is 5. The first-order valence-electron chi connectivity index (χ1n) is 11.4. The number of nitrogens with zero attached hydrogens (tertiary/aromatic N) is 3. The number of anilines is 2. The van der Waals surface area contributed by atoms with Crippen LogP contribution in [0.25, 0.3) is 0 Å². The van der Waals surface area contributed by atoms with E-state index >= 15 is 4.39 Å². The summed E-state index contributed by atoms with van der Waals surface area (Å²) in [5, 5.41) is 0. The Hall–Kier alpha value is -3.07. The van der Waals surface area contributed by atoms with Crippen molar-refractivity contribution in [1.29, 1.82) is 0 Å². The van der Waals surface area contributed by atoms with Crippen molar-refractivity contribution in [1.82, 2.24) is 4.90 Å². The summed E-state index contributed by atoms with van der Waals surface area (Å²) in [5.41, 5.74) is 0.800. The Morgan fingerprint density at radius 2 is 1.74 bits per heavy atom. The number of amides is 1. The van der Waals surface area contributed by atoms with Gasteiger partial charge in [0.1, 0.15) is 11.9 Å². The van der Waals surface area contributed by atoms with Crippen molar-refractivity contribution in [2.24, 2.45) is 0 Å². The van der Waals surface area contributed by atoms with Crippen molar-refractivity contribution in [3.63, 3.8) is 0 Å². The Balaban J connectivity index is 1.76. The summed E-state index contributed by atoms with van der Waals surface area (Å²) in [5.74, 6) is -3.31. The number of ether oxygens (including phenoxy) is 1. The fourth-order valence-electron chi connectivity index (χ4n) is 4.31. The largest absolute Gasteiger partial charge is 0.468 e. The second-order valence-electron chi connectivity index (χ2n) is 8.12. The quantitative estimate of drug-likeness (QED) is 0.531. The zero-order chi connectivity index (χ0) is 24.8. The van der Waals surface area contributed by atoms with Crippen LogP contribution in [-0.4, -0.2) is 56.6 Å². The molecular formula is C25H30F3N3O3. The van der Waals surface area contributed by atoms with Gasteiger partial charge in [-0.1, -0.05) is 19.1 Å². The molecule has 0 bridgehead atoms. The first-order valence-corrected chi connectivity index (χ1v) is 11.4. The molecule has 1 fully saturated rings. The third-order valence-corrected chi connectivity index (χ3v) is 6.04. The standard InChI is InChI=1S/C25H30F3N3O3/c1-4-7-22(32)31(5-2)17-10-11-21(20(27)16-17)29-12-14-30(15-13-29)24(25(33)34-3)18-8-6-9-19(26)23(18)28/h6,8-11,16,24H,4-5,7,12-15H2,1-3H3. The molecule has 0 spiro atoms. The van der Waals surface area contributed by atoms with Gasteiger partial charge in [0.2, 0.25) is 5.91 Å². The van der Waals surface area contributed by atoms with Crippen LogP contribution in [0.3, 0.4) is 0 Å². The van der Waals surface area contributed by atoms with Gasteiger partial charge in [-0.2, -0.15) is 0 Å². The number of rotatable bonds is 8. The predicted octanol–water partition coefficient (Wildman–Crippen LogP) is 4.29. The SMILES string of the molecule is CCCC(=O)N(CC)c1ccc(N2CCN(C(C(=O)OC)c3cccc(F)c3F)CC2)c(F)c1. The maximum atomic E-state index is 15.0. The minimum Gasteiger partial charge on any atom is -0.468 e. The van der Waals surface area contributed by atoms with Crippen molar-refractivity contribution in [2.75, 3.05) is 49.6 Å². The number of hydrogen-bond donors (Lipinski definition) is 0. The highest BCUT2D eigenvalue weighted by atomic mass is 19.2. The number of piperazine rings is 1. The normalized spacial score (nSPS) is 15.2. The fourth-order valence-corrected chi connectivity index (χ4v) is 4.31. The monoisotopic (exact) mass is 477 g/mol. The lowest BCUT2D eigenvalue weighted by Crippen LogP contribution is -2.50. The molecule has 1 heterocycles. The Morgan fingerprint density at radius 1 is 1.03 bits per heavy atom. The molecule has 9 heteroatoms. The summed E-state index contributed by atoms with van der Waals surface area (Å²) in [6.45, 7) is 5.57. The minimum atomic E-state index is -1.10. The second kappa shape index (κ2) is 11.4. The lowest BCUT2D eigenvalue weighted by atomic mass is 10.0. The van der Waals surface area contributed by atoms with Crippen molar-refractivity contribution < 1.29 is 27.5 Å². The minimum absolute atomic E-state index is 0.0517. The topological polar surface area (TPSA) is 53.1 Å². The Morgan fingerprint density at radius 3 is 2.32 bits per heavy atom. The summed E-state index contributed by atoms with van der Waals surface area (Å²) in [4.78, 5) is 29.9. The molecule has 0 aromatic heterocycles. The van der Waals surface area contributed by atoms with Gasteiger partial charge in [0, 0.05) is 50.4 Å². The van der Waals surface area contributed by atoms with Crippen molar-refractivity contribution in [3.05, 3.63) is 59.4 Å². The van der Waals surface area contributed by atoms with Crippen molar-refractivity contribution in [2.45, 2.75) is 32.7 Å². The van der Waals surface area contributed by atoms with Gasteiger partial charge in [0.05, 0.1) is 12.8 Å². The average molecular weight is 478 g/mol. The van der Waals surface area contributed by atoms with Crippen LogP contribution < -0.4 is 9.80 Å². The van der Waals surface area contributed by atoms with Crippen LogP contribution in [0.15, 0.2) is 36.4 Å². The highest BCUT2D eigenvalue weighted by Gasteiger charge is 2.34. The third kappa shape index (κ3) is 5.35. The van der Waals surface area contributed by atoms with Crippen LogP contribution in [0, 0.1) is 17.5 Å². The molecule has 0 saturated carbocycles. The van der Waals surface area contributed by atoms with Gasteiger partial charge in [0.15, 0.2) is 11.6 Å². The highest BCUT2D eigenvalue weighted by molar-refractivity contribution is 5.93. The van der Waals surface area contributed by atoms with E-state index in [-0.39, 0.29) is 11.5 Å². The highest BCUT2D eigenvalue weighted by Crippen LogP contribution is 2.30. The van der Waals surface area contributed by atoms with E-state index in [0.29, 0.717) is 56.9 Å². The molecule has 34 heavy (non-hydrogen) atoms. The van der Waals surface area contributed by atoms with Crippen LogP contribution in [-0.2, 0) is 14.3 Å².